The predicted octanol–water partition coefficient (Wildman–Crippen LogP) is 10.2. The van der Waals surface area contributed by atoms with Gasteiger partial charge in [-0.05, 0) is 70.8 Å². The molecule has 4 nitrogen and oxygen atoms in total. The van der Waals surface area contributed by atoms with Gasteiger partial charge >= 0.3 is 0 Å². The molecular formula is C38H20N2O2. The number of para-hydroxylation sites is 2. The number of hydrogen-bond donors (Lipinski definition) is 0. The summed E-state index contributed by atoms with van der Waals surface area (Å²) in [5, 5.41) is 24.1. The molecule has 8 aromatic rings. The minimum atomic E-state index is 0.561. The second-order valence-corrected chi connectivity index (χ2v) is 10.3. The van der Waals surface area contributed by atoms with Crippen LogP contribution in [0.3, 0.4) is 0 Å². The molecule has 0 fully saturated rings. The molecule has 6 aromatic carbocycles. The standard InChI is InChI=1S/C38H20N2O2/c39-21-23-15-17-24(18-16-23)30-19-25(26-9-5-13-35-37(26)28-7-1-3-11-33(28)41-35)20-31(32(30)22-40)27-10-6-14-36-38(27)29-8-2-4-12-34(29)42-36/h1-20H. The van der Waals surface area contributed by atoms with Crippen LogP contribution in [0, 0.1) is 22.7 Å². The zero-order chi connectivity index (χ0) is 28.2. The van der Waals surface area contributed by atoms with Gasteiger partial charge in [0.2, 0.25) is 0 Å². The fraction of sp³-hybridized carbons (Fsp3) is 0. The van der Waals surface area contributed by atoms with Gasteiger partial charge in [0.15, 0.2) is 0 Å². The first-order valence-electron chi connectivity index (χ1n) is 13.6. The summed E-state index contributed by atoms with van der Waals surface area (Å²) in [6.45, 7) is 0. The number of nitrogens with zero attached hydrogens (tertiary/aromatic N) is 2. The molecule has 8 rings (SSSR count). The van der Waals surface area contributed by atoms with E-state index in [1.165, 1.54) is 0 Å². The molecule has 0 aliphatic rings. The molecule has 0 N–H and O–H groups in total. The number of furan rings is 2. The molecule has 42 heavy (non-hydrogen) atoms. The zero-order valence-electron chi connectivity index (χ0n) is 22.3. The molecular weight excluding hydrogens is 516 g/mol. The Bertz CT molecular complexity index is 2430. The summed E-state index contributed by atoms with van der Waals surface area (Å²) >= 11 is 0. The highest BCUT2D eigenvalue weighted by Crippen LogP contribution is 2.44. The molecule has 0 amide bonds. The van der Waals surface area contributed by atoms with Crippen molar-refractivity contribution in [1.29, 1.82) is 10.5 Å². The Morgan fingerprint density at radius 1 is 0.429 bits per heavy atom. The van der Waals surface area contributed by atoms with Gasteiger partial charge in [-0.2, -0.15) is 10.5 Å². The van der Waals surface area contributed by atoms with Gasteiger partial charge in [-0.15, -0.1) is 0 Å². The Balaban J connectivity index is 1.50. The summed E-state index contributed by atoms with van der Waals surface area (Å²) in [4.78, 5) is 0. The van der Waals surface area contributed by atoms with Gasteiger partial charge in [0, 0.05) is 32.7 Å². The summed E-state index contributed by atoms with van der Waals surface area (Å²) in [7, 11) is 0. The van der Waals surface area contributed by atoms with Crippen molar-refractivity contribution < 1.29 is 8.83 Å². The molecule has 0 radical (unpaired) electrons. The van der Waals surface area contributed by atoms with Crippen molar-refractivity contribution in [2.24, 2.45) is 0 Å². The number of benzene rings is 6. The molecule has 0 atom stereocenters. The average molecular weight is 537 g/mol. The minimum absolute atomic E-state index is 0.561. The van der Waals surface area contributed by atoms with Crippen LogP contribution in [0.2, 0.25) is 0 Å². The maximum atomic E-state index is 10.7. The number of fused-ring (bicyclic) bond motifs is 6. The van der Waals surface area contributed by atoms with E-state index in [0.29, 0.717) is 11.1 Å². The lowest BCUT2D eigenvalue weighted by Gasteiger charge is -2.15. The molecule has 0 spiro atoms. The third kappa shape index (κ3) is 3.53. The number of rotatable bonds is 3. The monoisotopic (exact) mass is 536 g/mol. The van der Waals surface area contributed by atoms with Crippen LogP contribution in [0.1, 0.15) is 11.1 Å². The van der Waals surface area contributed by atoms with E-state index in [1.807, 2.05) is 72.8 Å². The molecule has 4 heteroatoms. The third-order valence-corrected chi connectivity index (χ3v) is 7.98. The largest absolute Gasteiger partial charge is 0.456 e. The predicted molar refractivity (Wildman–Crippen MR) is 167 cm³/mol. The normalized spacial score (nSPS) is 11.3. The highest BCUT2D eigenvalue weighted by Gasteiger charge is 2.21. The molecule has 2 heterocycles. The quantitative estimate of drug-likeness (QED) is 0.225. The topological polar surface area (TPSA) is 73.9 Å². The molecule has 194 valence electrons. The molecule has 0 saturated carbocycles. The highest BCUT2D eigenvalue weighted by molar-refractivity contribution is 6.15. The second-order valence-electron chi connectivity index (χ2n) is 10.3. The SMILES string of the molecule is N#Cc1ccc(-c2cc(-c3cccc4oc5ccccc5c34)cc(-c3cccc4oc5ccccc5c34)c2C#N)cc1. The van der Waals surface area contributed by atoms with Gasteiger partial charge < -0.3 is 8.83 Å². The lowest BCUT2D eigenvalue weighted by atomic mass is 9.86. The highest BCUT2D eigenvalue weighted by atomic mass is 16.3. The van der Waals surface area contributed by atoms with Crippen LogP contribution in [0.15, 0.2) is 130 Å². The van der Waals surface area contributed by atoms with Crippen LogP contribution in [0.25, 0.3) is 77.3 Å². The molecule has 0 unspecified atom stereocenters. The molecule has 0 aliphatic carbocycles. The Morgan fingerprint density at radius 3 is 1.60 bits per heavy atom. The molecule has 0 bridgehead atoms. The van der Waals surface area contributed by atoms with E-state index in [9.17, 15) is 10.5 Å². The first kappa shape index (κ1) is 23.8. The fourth-order valence-corrected chi connectivity index (χ4v) is 6.10. The summed E-state index contributed by atoms with van der Waals surface area (Å²) < 4.78 is 12.4. The lowest BCUT2D eigenvalue weighted by molar-refractivity contribution is 0.668. The van der Waals surface area contributed by atoms with Crippen LogP contribution in [-0.2, 0) is 0 Å². The van der Waals surface area contributed by atoms with Crippen molar-refractivity contribution in [3.63, 3.8) is 0 Å². The van der Waals surface area contributed by atoms with E-state index < -0.39 is 0 Å². The summed E-state index contributed by atoms with van der Waals surface area (Å²) in [6.07, 6.45) is 0. The number of nitriles is 2. The van der Waals surface area contributed by atoms with E-state index >= 15 is 0 Å². The first-order chi connectivity index (χ1) is 20.7. The smallest absolute Gasteiger partial charge is 0.136 e. The number of hydrogen-bond acceptors (Lipinski definition) is 4. The Kier molecular flexibility index (Phi) is 5.22. The average Bonchev–Trinajstić information content (AvgIpc) is 3.63. The van der Waals surface area contributed by atoms with Gasteiger partial charge in [0.25, 0.3) is 0 Å². The van der Waals surface area contributed by atoms with Crippen LogP contribution < -0.4 is 0 Å². The Morgan fingerprint density at radius 2 is 0.976 bits per heavy atom. The fourth-order valence-electron chi connectivity index (χ4n) is 6.10. The van der Waals surface area contributed by atoms with E-state index in [1.54, 1.807) is 12.1 Å². The maximum Gasteiger partial charge on any atom is 0.136 e. The Hall–Kier alpha value is -6.10. The van der Waals surface area contributed by atoms with Crippen molar-refractivity contribution in [3.8, 4) is 45.5 Å². The summed E-state index contributed by atoms with van der Waals surface area (Å²) in [5.41, 5.74) is 9.72. The third-order valence-electron chi connectivity index (χ3n) is 7.98. The van der Waals surface area contributed by atoms with E-state index in [0.717, 1.165) is 77.3 Å². The van der Waals surface area contributed by atoms with Gasteiger partial charge in [-0.3, -0.25) is 0 Å². The van der Waals surface area contributed by atoms with Gasteiger partial charge in [-0.25, -0.2) is 0 Å². The van der Waals surface area contributed by atoms with Crippen molar-refractivity contribution in [3.05, 3.63) is 132 Å². The zero-order valence-corrected chi connectivity index (χ0v) is 22.3. The van der Waals surface area contributed by atoms with Crippen LogP contribution in [-0.4, -0.2) is 0 Å². The van der Waals surface area contributed by atoms with Crippen LogP contribution in [0.4, 0.5) is 0 Å². The summed E-state index contributed by atoms with van der Waals surface area (Å²) in [6, 6.07) is 44.4. The second kappa shape index (κ2) is 9.24. The molecule has 2 aromatic heterocycles. The van der Waals surface area contributed by atoms with Crippen LogP contribution >= 0.6 is 0 Å². The maximum absolute atomic E-state index is 10.7. The van der Waals surface area contributed by atoms with Gasteiger partial charge in [0.1, 0.15) is 28.4 Å². The van der Waals surface area contributed by atoms with E-state index in [-0.39, 0.29) is 0 Å². The Labute approximate surface area is 240 Å². The van der Waals surface area contributed by atoms with E-state index in [4.69, 9.17) is 8.83 Å². The van der Waals surface area contributed by atoms with Crippen LogP contribution in [0.5, 0.6) is 0 Å². The van der Waals surface area contributed by atoms with Crippen molar-refractivity contribution >= 4 is 43.9 Å². The molecule has 0 saturated heterocycles. The van der Waals surface area contributed by atoms with Crippen molar-refractivity contribution in [1.82, 2.24) is 0 Å². The van der Waals surface area contributed by atoms with Gasteiger partial charge in [-0.1, -0.05) is 72.8 Å². The van der Waals surface area contributed by atoms with E-state index in [2.05, 4.69) is 48.5 Å². The minimum Gasteiger partial charge on any atom is -0.456 e. The van der Waals surface area contributed by atoms with Crippen molar-refractivity contribution in [2.75, 3.05) is 0 Å². The molecule has 0 aliphatic heterocycles. The van der Waals surface area contributed by atoms with Gasteiger partial charge in [0.05, 0.1) is 17.2 Å². The first-order valence-corrected chi connectivity index (χ1v) is 13.6. The van der Waals surface area contributed by atoms with Crippen molar-refractivity contribution in [2.45, 2.75) is 0 Å². The lowest BCUT2D eigenvalue weighted by Crippen LogP contribution is -1.94. The summed E-state index contributed by atoms with van der Waals surface area (Å²) in [5.74, 6) is 0.